The Morgan fingerprint density at radius 2 is 1.91 bits per heavy atom. The Balaban J connectivity index is 0.000000230. The van der Waals surface area contributed by atoms with Crippen LogP contribution in [0.15, 0.2) is 41.5 Å². The summed E-state index contributed by atoms with van der Waals surface area (Å²) in [5.41, 5.74) is 3.15. The molecule has 7 nitrogen and oxygen atoms in total. The summed E-state index contributed by atoms with van der Waals surface area (Å²) >= 11 is 0. The third kappa shape index (κ3) is 4.39. The Kier molecular flexibility index (Phi) is 6.28. The quantitative estimate of drug-likeness (QED) is 0.490. The second-order valence-corrected chi connectivity index (χ2v) is 8.83. The van der Waals surface area contributed by atoms with E-state index in [2.05, 4.69) is 34.1 Å². The summed E-state index contributed by atoms with van der Waals surface area (Å²) in [4.78, 5) is 21.3. The minimum Gasteiger partial charge on any atom is -0.507 e. The van der Waals surface area contributed by atoms with Gasteiger partial charge in [0.05, 0.1) is 22.1 Å². The number of rotatable bonds is 2. The molecule has 0 bridgehead atoms. The summed E-state index contributed by atoms with van der Waals surface area (Å²) in [7, 11) is 6.22. The summed E-state index contributed by atoms with van der Waals surface area (Å²) in [6, 6.07) is 7.96. The van der Waals surface area contributed by atoms with Crippen molar-refractivity contribution in [3.63, 3.8) is 0 Å². The number of hydrogen-bond acceptors (Lipinski definition) is 5. The van der Waals surface area contributed by atoms with Crippen molar-refractivity contribution in [1.82, 2.24) is 24.6 Å². The zero-order valence-electron chi connectivity index (χ0n) is 19.2. The molecular weight excluding hydrogens is 402 g/mol. The summed E-state index contributed by atoms with van der Waals surface area (Å²) in [6.45, 7) is 1.83. The fourth-order valence-corrected chi connectivity index (χ4v) is 4.45. The van der Waals surface area contributed by atoms with Gasteiger partial charge in [-0.3, -0.25) is 9.48 Å². The van der Waals surface area contributed by atoms with E-state index in [4.69, 9.17) is 0 Å². The summed E-state index contributed by atoms with van der Waals surface area (Å²) in [5.74, 6) is 0.160. The fraction of sp³-hybridized carbons (Fsp3) is 0.400. The van der Waals surface area contributed by atoms with Crippen LogP contribution >= 0.6 is 0 Å². The van der Waals surface area contributed by atoms with Gasteiger partial charge in [0.15, 0.2) is 0 Å². The smallest absolute Gasteiger partial charge is 0.257 e. The average Bonchev–Trinajstić information content (AvgIpc) is 3.18. The molecule has 32 heavy (non-hydrogen) atoms. The van der Waals surface area contributed by atoms with E-state index in [-0.39, 0.29) is 11.3 Å². The highest BCUT2D eigenvalue weighted by molar-refractivity contribution is 5.91. The van der Waals surface area contributed by atoms with Crippen molar-refractivity contribution in [3.05, 3.63) is 52.6 Å². The SMILES string of the molecule is CN(C)C1CCCCC1.Cc1c(O)c(-c2ccc3c(=O)[nH]ccc3n2)cc2cn(C)nc12. The molecule has 3 aromatic heterocycles. The van der Waals surface area contributed by atoms with Gasteiger partial charge in [0.2, 0.25) is 0 Å². The maximum absolute atomic E-state index is 11.8. The molecule has 4 aromatic rings. The Bertz CT molecular complexity index is 1300. The third-order valence-electron chi connectivity index (χ3n) is 6.33. The number of H-pyrrole nitrogens is 1. The van der Waals surface area contributed by atoms with Crippen LogP contribution in [-0.2, 0) is 7.05 Å². The monoisotopic (exact) mass is 433 g/mol. The van der Waals surface area contributed by atoms with Gasteiger partial charge < -0.3 is 15.0 Å². The number of aryl methyl sites for hydroxylation is 2. The van der Waals surface area contributed by atoms with Gasteiger partial charge in [-0.2, -0.15) is 5.10 Å². The Morgan fingerprint density at radius 1 is 1.16 bits per heavy atom. The van der Waals surface area contributed by atoms with E-state index in [1.54, 1.807) is 29.1 Å². The van der Waals surface area contributed by atoms with E-state index in [0.717, 1.165) is 16.9 Å². The Labute approximate surface area is 187 Å². The van der Waals surface area contributed by atoms with Gasteiger partial charge in [-0.05, 0) is 58.1 Å². The minimum absolute atomic E-state index is 0.160. The van der Waals surface area contributed by atoms with Crippen LogP contribution < -0.4 is 5.56 Å². The van der Waals surface area contributed by atoms with Gasteiger partial charge in [0.25, 0.3) is 5.56 Å². The molecule has 5 rings (SSSR count). The lowest BCUT2D eigenvalue weighted by molar-refractivity contribution is 0.229. The summed E-state index contributed by atoms with van der Waals surface area (Å²) < 4.78 is 1.72. The first-order valence-electron chi connectivity index (χ1n) is 11.2. The standard InChI is InChI=1S/C17H14N4O2.C8H17N/c1-9-15-10(8-21(2)20-15)7-12(16(9)22)13-4-3-11-14(19-13)5-6-18-17(11)23;1-9(2)8-6-4-3-5-7-8/h3-8,22H,1-2H3,(H,18,23);8H,3-7H2,1-2H3. The van der Waals surface area contributed by atoms with Crippen LogP contribution in [0.1, 0.15) is 37.7 Å². The van der Waals surface area contributed by atoms with Crippen molar-refractivity contribution in [1.29, 1.82) is 0 Å². The second kappa shape index (κ2) is 9.12. The number of hydrogen-bond donors (Lipinski definition) is 2. The predicted octanol–water partition coefficient (Wildman–Crippen LogP) is 4.37. The van der Waals surface area contributed by atoms with Gasteiger partial charge >= 0.3 is 0 Å². The maximum atomic E-state index is 11.8. The first kappa shape index (κ1) is 22.0. The van der Waals surface area contributed by atoms with Gasteiger partial charge in [-0.25, -0.2) is 4.98 Å². The van der Waals surface area contributed by atoms with Gasteiger partial charge in [-0.1, -0.05) is 19.3 Å². The van der Waals surface area contributed by atoms with E-state index < -0.39 is 0 Å². The van der Waals surface area contributed by atoms with Crippen LogP contribution in [-0.4, -0.2) is 49.9 Å². The topological polar surface area (TPSA) is 87.0 Å². The number of nitrogens with zero attached hydrogens (tertiary/aromatic N) is 4. The molecule has 1 aromatic carbocycles. The maximum Gasteiger partial charge on any atom is 0.257 e. The lowest BCUT2D eigenvalue weighted by Gasteiger charge is -2.27. The zero-order valence-corrected chi connectivity index (χ0v) is 19.2. The number of phenols is 1. The van der Waals surface area contributed by atoms with Gasteiger partial charge in [0.1, 0.15) is 5.75 Å². The van der Waals surface area contributed by atoms with Crippen LogP contribution in [0.25, 0.3) is 33.1 Å². The predicted molar refractivity (Wildman–Crippen MR) is 129 cm³/mol. The average molecular weight is 434 g/mol. The number of aromatic amines is 1. The number of nitrogens with one attached hydrogen (secondary N) is 1. The summed E-state index contributed by atoms with van der Waals surface area (Å²) in [6.07, 6.45) is 10.7. The molecule has 0 unspecified atom stereocenters. The van der Waals surface area contributed by atoms with Crippen molar-refractivity contribution in [2.24, 2.45) is 7.05 Å². The molecule has 1 fully saturated rings. The zero-order chi connectivity index (χ0) is 22.8. The van der Waals surface area contributed by atoms with E-state index >= 15 is 0 Å². The molecule has 0 spiro atoms. The number of aromatic hydroxyl groups is 1. The molecule has 0 atom stereocenters. The highest BCUT2D eigenvalue weighted by Crippen LogP contribution is 2.36. The van der Waals surface area contributed by atoms with Crippen LogP contribution in [0.3, 0.4) is 0 Å². The lowest BCUT2D eigenvalue weighted by atomic mass is 9.95. The number of pyridine rings is 2. The highest BCUT2D eigenvalue weighted by atomic mass is 16.3. The van der Waals surface area contributed by atoms with Crippen molar-refractivity contribution in [2.45, 2.75) is 45.1 Å². The first-order valence-corrected chi connectivity index (χ1v) is 11.2. The van der Waals surface area contributed by atoms with E-state index in [1.165, 1.54) is 32.1 Å². The second-order valence-electron chi connectivity index (χ2n) is 8.83. The number of fused-ring (bicyclic) bond motifs is 2. The van der Waals surface area contributed by atoms with E-state index in [1.807, 2.05) is 26.2 Å². The van der Waals surface area contributed by atoms with Crippen LogP contribution in [0, 0.1) is 6.92 Å². The van der Waals surface area contributed by atoms with Crippen molar-refractivity contribution >= 4 is 21.8 Å². The van der Waals surface area contributed by atoms with E-state index in [9.17, 15) is 9.90 Å². The lowest BCUT2D eigenvalue weighted by Crippen LogP contribution is -2.29. The normalized spacial score (nSPS) is 14.7. The Hall–Kier alpha value is -3.19. The molecule has 3 heterocycles. The van der Waals surface area contributed by atoms with Gasteiger partial charge in [-0.15, -0.1) is 0 Å². The molecule has 0 amide bonds. The minimum atomic E-state index is -0.176. The molecule has 0 radical (unpaired) electrons. The van der Waals surface area contributed by atoms with Crippen molar-refractivity contribution in [3.8, 4) is 17.0 Å². The molecular formula is C25H31N5O2. The molecule has 0 saturated heterocycles. The first-order chi connectivity index (χ1) is 15.3. The van der Waals surface area contributed by atoms with Crippen molar-refractivity contribution in [2.75, 3.05) is 14.1 Å². The largest absolute Gasteiger partial charge is 0.507 e. The molecule has 1 saturated carbocycles. The fourth-order valence-electron chi connectivity index (χ4n) is 4.45. The molecule has 7 heteroatoms. The number of aromatic nitrogens is 4. The van der Waals surface area contributed by atoms with Crippen molar-refractivity contribution < 1.29 is 5.11 Å². The molecule has 168 valence electrons. The van der Waals surface area contributed by atoms with Gasteiger partial charge in [0, 0.05) is 42.0 Å². The highest BCUT2D eigenvalue weighted by Gasteiger charge is 2.15. The molecule has 1 aliphatic rings. The molecule has 1 aliphatic carbocycles. The number of phenolic OH excluding ortho intramolecular Hbond substituents is 1. The summed E-state index contributed by atoms with van der Waals surface area (Å²) in [5, 5.41) is 16.3. The Morgan fingerprint density at radius 3 is 2.59 bits per heavy atom. The number of benzene rings is 1. The molecule has 0 aliphatic heterocycles. The molecule has 2 N–H and O–H groups in total. The van der Waals surface area contributed by atoms with E-state index in [0.29, 0.717) is 27.7 Å². The van der Waals surface area contributed by atoms with Crippen LogP contribution in [0.4, 0.5) is 0 Å². The van der Waals surface area contributed by atoms with Crippen LogP contribution in [0.5, 0.6) is 5.75 Å². The van der Waals surface area contributed by atoms with Crippen LogP contribution in [0.2, 0.25) is 0 Å². The third-order valence-corrected chi connectivity index (χ3v) is 6.33.